The van der Waals surface area contributed by atoms with E-state index in [1.807, 2.05) is 13.8 Å². The van der Waals surface area contributed by atoms with Gasteiger partial charge < -0.3 is 5.11 Å². The molecule has 0 amide bonds. The van der Waals surface area contributed by atoms with E-state index >= 15 is 0 Å². The molecular formula is C14H20FNO3S. The largest absolute Gasteiger partial charge is 0.392 e. The van der Waals surface area contributed by atoms with Gasteiger partial charge >= 0.3 is 0 Å². The van der Waals surface area contributed by atoms with Crippen molar-refractivity contribution >= 4 is 10.0 Å². The Morgan fingerprint density at radius 3 is 2.55 bits per heavy atom. The standard InChI is InChI=1S/C14H20FNO3S/c1-10-12(15)6-11(8-17)7-13(10)20(18,19)16-5-4-14(2,3)9-16/h6-7,17H,4-5,8-9H2,1-3H3. The molecule has 1 aromatic rings. The van der Waals surface area contributed by atoms with Gasteiger partial charge in [-0.1, -0.05) is 13.8 Å². The van der Waals surface area contributed by atoms with E-state index in [2.05, 4.69) is 0 Å². The van der Waals surface area contributed by atoms with Crippen molar-refractivity contribution in [1.29, 1.82) is 0 Å². The lowest BCUT2D eigenvalue weighted by Crippen LogP contribution is -2.31. The molecule has 0 aromatic heterocycles. The second kappa shape index (κ2) is 5.09. The van der Waals surface area contributed by atoms with Crippen molar-refractivity contribution in [2.75, 3.05) is 13.1 Å². The summed E-state index contributed by atoms with van der Waals surface area (Å²) in [5.41, 5.74) is 0.311. The minimum Gasteiger partial charge on any atom is -0.392 e. The van der Waals surface area contributed by atoms with Crippen LogP contribution in [-0.4, -0.2) is 30.9 Å². The number of aliphatic hydroxyl groups is 1. The first-order valence-corrected chi connectivity index (χ1v) is 8.01. The summed E-state index contributed by atoms with van der Waals surface area (Å²) in [7, 11) is -3.71. The maximum atomic E-state index is 13.8. The van der Waals surface area contributed by atoms with Crippen LogP contribution < -0.4 is 0 Å². The third-order valence-electron chi connectivity index (χ3n) is 3.80. The highest BCUT2D eigenvalue weighted by Gasteiger charge is 2.37. The maximum absolute atomic E-state index is 13.8. The third kappa shape index (κ3) is 2.73. The summed E-state index contributed by atoms with van der Waals surface area (Å²) in [6.07, 6.45) is 0.785. The van der Waals surface area contributed by atoms with Crippen molar-refractivity contribution in [2.24, 2.45) is 5.41 Å². The number of rotatable bonds is 3. The number of halogens is 1. The quantitative estimate of drug-likeness (QED) is 0.929. The van der Waals surface area contributed by atoms with Gasteiger partial charge in [0.1, 0.15) is 5.82 Å². The highest BCUT2D eigenvalue weighted by molar-refractivity contribution is 7.89. The molecule has 6 heteroatoms. The molecule has 0 bridgehead atoms. The monoisotopic (exact) mass is 301 g/mol. The Balaban J connectivity index is 2.47. The number of nitrogens with zero attached hydrogens (tertiary/aromatic N) is 1. The number of hydrogen-bond acceptors (Lipinski definition) is 3. The highest BCUT2D eigenvalue weighted by Crippen LogP contribution is 2.34. The van der Waals surface area contributed by atoms with Crippen LogP contribution in [0.25, 0.3) is 0 Å². The molecule has 4 nitrogen and oxygen atoms in total. The molecule has 1 heterocycles. The van der Waals surface area contributed by atoms with E-state index in [0.29, 0.717) is 13.1 Å². The number of benzene rings is 1. The minimum absolute atomic E-state index is 0.0424. The molecule has 0 radical (unpaired) electrons. The molecular weight excluding hydrogens is 281 g/mol. The molecule has 1 N–H and O–H groups in total. The zero-order valence-corrected chi connectivity index (χ0v) is 12.8. The first kappa shape index (κ1) is 15.4. The van der Waals surface area contributed by atoms with Crippen molar-refractivity contribution in [1.82, 2.24) is 4.31 Å². The van der Waals surface area contributed by atoms with Crippen LogP contribution in [0.15, 0.2) is 17.0 Å². The van der Waals surface area contributed by atoms with Crippen LogP contribution in [0.1, 0.15) is 31.4 Å². The SMILES string of the molecule is Cc1c(F)cc(CO)cc1S(=O)(=O)N1CCC(C)(C)C1. The zero-order chi connectivity index (χ0) is 15.1. The summed E-state index contributed by atoms with van der Waals surface area (Å²) in [6, 6.07) is 2.53. The van der Waals surface area contributed by atoms with Gasteiger partial charge in [0.2, 0.25) is 10.0 Å². The molecule has 0 spiro atoms. The molecule has 0 atom stereocenters. The van der Waals surface area contributed by atoms with E-state index < -0.39 is 15.8 Å². The maximum Gasteiger partial charge on any atom is 0.243 e. The van der Waals surface area contributed by atoms with Gasteiger partial charge in [-0.2, -0.15) is 4.31 Å². The van der Waals surface area contributed by atoms with Gasteiger partial charge in [0, 0.05) is 18.7 Å². The molecule has 0 saturated carbocycles. The van der Waals surface area contributed by atoms with Gasteiger partial charge in [-0.15, -0.1) is 0 Å². The van der Waals surface area contributed by atoms with Crippen molar-refractivity contribution in [3.05, 3.63) is 29.1 Å². The van der Waals surface area contributed by atoms with E-state index in [1.54, 1.807) is 0 Å². The number of sulfonamides is 1. The van der Waals surface area contributed by atoms with Crippen LogP contribution in [0.3, 0.4) is 0 Å². The Morgan fingerprint density at radius 1 is 1.40 bits per heavy atom. The molecule has 1 saturated heterocycles. The van der Waals surface area contributed by atoms with Crippen molar-refractivity contribution in [3.63, 3.8) is 0 Å². The third-order valence-corrected chi connectivity index (χ3v) is 5.77. The molecule has 1 aliphatic heterocycles. The van der Waals surface area contributed by atoms with Gasteiger partial charge in [0.25, 0.3) is 0 Å². The van der Waals surface area contributed by atoms with Crippen LogP contribution in [0.2, 0.25) is 0 Å². The normalized spacial score (nSPS) is 19.4. The molecule has 1 aromatic carbocycles. The Hall–Kier alpha value is -0.980. The Kier molecular flexibility index (Phi) is 3.92. The summed E-state index contributed by atoms with van der Waals surface area (Å²) in [6.45, 7) is 5.97. The molecule has 1 fully saturated rings. The molecule has 2 rings (SSSR count). The Labute approximate surface area is 119 Å². The second-order valence-electron chi connectivity index (χ2n) is 6.11. The fraction of sp³-hybridized carbons (Fsp3) is 0.571. The van der Waals surface area contributed by atoms with Gasteiger partial charge in [-0.3, -0.25) is 0 Å². The van der Waals surface area contributed by atoms with Crippen LogP contribution in [0.5, 0.6) is 0 Å². The van der Waals surface area contributed by atoms with Crippen LogP contribution in [-0.2, 0) is 16.6 Å². The fourth-order valence-electron chi connectivity index (χ4n) is 2.47. The van der Waals surface area contributed by atoms with E-state index in [-0.39, 0.29) is 28.0 Å². The Bertz CT molecular complexity index is 626. The first-order valence-electron chi connectivity index (χ1n) is 6.57. The average molecular weight is 301 g/mol. The van der Waals surface area contributed by atoms with Crippen LogP contribution in [0.4, 0.5) is 4.39 Å². The summed E-state index contributed by atoms with van der Waals surface area (Å²) in [5.74, 6) is -0.603. The van der Waals surface area contributed by atoms with E-state index in [9.17, 15) is 12.8 Å². The van der Waals surface area contributed by atoms with Gasteiger partial charge in [0.15, 0.2) is 0 Å². The van der Waals surface area contributed by atoms with Gasteiger partial charge in [-0.25, -0.2) is 12.8 Å². The Morgan fingerprint density at radius 2 is 2.05 bits per heavy atom. The number of hydrogen-bond donors (Lipinski definition) is 1. The highest BCUT2D eigenvalue weighted by atomic mass is 32.2. The minimum atomic E-state index is -3.71. The van der Waals surface area contributed by atoms with Gasteiger partial charge in [-0.05, 0) is 36.5 Å². The fourth-order valence-corrected chi connectivity index (χ4v) is 4.39. The van der Waals surface area contributed by atoms with E-state index in [0.717, 1.165) is 6.42 Å². The van der Waals surface area contributed by atoms with Gasteiger partial charge in [0.05, 0.1) is 11.5 Å². The predicted molar refractivity (Wildman–Crippen MR) is 74.2 cm³/mol. The molecule has 112 valence electrons. The summed E-state index contributed by atoms with van der Waals surface area (Å²) < 4.78 is 40.5. The molecule has 1 aliphatic rings. The second-order valence-corrected chi connectivity index (χ2v) is 8.02. The van der Waals surface area contributed by atoms with Crippen molar-refractivity contribution in [2.45, 2.75) is 38.7 Å². The summed E-state index contributed by atoms with van der Waals surface area (Å²) in [5, 5.41) is 9.12. The molecule has 20 heavy (non-hydrogen) atoms. The van der Waals surface area contributed by atoms with Crippen LogP contribution in [0, 0.1) is 18.2 Å². The predicted octanol–water partition coefficient (Wildman–Crippen LogP) is 2.05. The lowest BCUT2D eigenvalue weighted by molar-refractivity contribution is 0.280. The van der Waals surface area contributed by atoms with E-state index in [4.69, 9.17) is 5.11 Å². The average Bonchev–Trinajstić information content (AvgIpc) is 2.73. The van der Waals surface area contributed by atoms with Crippen molar-refractivity contribution in [3.8, 4) is 0 Å². The summed E-state index contributed by atoms with van der Waals surface area (Å²) >= 11 is 0. The lowest BCUT2D eigenvalue weighted by atomic mass is 9.93. The smallest absolute Gasteiger partial charge is 0.243 e. The van der Waals surface area contributed by atoms with Crippen molar-refractivity contribution < 1.29 is 17.9 Å². The molecule has 0 unspecified atom stereocenters. The van der Waals surface area contributed by atoms with Crippen LogP contribution >= 0.6 is 0 Å². The number of aliphatic hydroxyl groups excluding tert-OH is 1. The van der Waals surface area contributed by atoms with E-state index in [1.165, 1.54) is 23.4 Å². The first-order chi connectivity index (χ1) is 9.17. The zero-order valence-electron chi connectivity index (χ0n) is 12.0. The lowest BCUT2D eigenvalue weighted by Gasteiger charge is -2.21. The summed E-state index contributed by atoms with van der Waals surface area (Å²) in [4.78, 5) is -0.0424. The topological polar surface area (TPSA) is 57.6 Å². The molecule has 0 aliphatic carbocycles.